The third-order valence-corrected chi connectivity index (χ3v) is 3.08. The molecular weight excluding hydrogens is 262 g/mol. The fourth-order valence-electron chi connectivity index (χ4n) is 2.03. The molecular formula is C17H13N3O. The number of anilines is 1. The zero-order valence-corrected chi connectivity index (χ0v) is 11.2. The summed E-state index contributed by atoms with van der Waals surface area (Å²) in [6.07, 6.45) is 6.69. The van der Waals surface area contributed by atoms with E-state index in [1.165, 1.54) is 0 Å². The normalized spacial score (nSPS) is 10.1. The smallest absolute Gasteiger partial charge is 0.255 e. The summed E-state index contributed by atoms with van der Waals surface area (Å²) in [5, 5.41) is 2.89. The van der Waals surface area contributed by atoms with Gasteiger partial charge in [0, 0.05) is 36.0 Å². The molecule has 102 valence electrons. The lowest BCUT2D eigenvalue weighted by Gasteiger charge is -2.07. The Balaban J connectivity index is 1.83. The molecule has 3 rings (SSSR count). The summed E-state index contributed by atoms with van der Waals surface area (Å²) in [5.41, 5.74) is 3.43. The minimum Gasteiger partial charge on any atom is -0.322 e. The molecule has 0 aliphatic heterocycles. The quantitative estimate of drug-likeness (QED) is 0.797. The Kier molecular flexibility index (Phi) is 3.69. The molecule has 0 radical (unpaired) electrons. The third kappa shape index (κ3) is 3.12. The second kappa shape index (κ2) is 5.96. The lowest BCUT2D eigenvalue weighted by atomic mass is 10.1. The van der Waals surface area contributed by atoms with Gasteiger partial charge in [0.25, 0.3) is 5.91 Å². The van der Waals surface area contributed by atoms with Crippen molar-refractivity contribution in [3.8, 4) is 11.1 Å². The van der Waals surface area contributed by atoms with Crippen LogP contribution in [0, 0.1) is 0 Å². The molecule has 2 heterocycles. The molecule has 4 heteroatoms. The molecule has 3 aromatic rings. The topological polar surface area (TPSA) is 54.9 Å². The van der Waals surface area contributed by atoms with E-state index in [1.807, 2.05) is 36.4 Å². The Labute approximate surface area is 122 Å². The molecule has 0 unspecified atom stereocenters. The predicted molar refractivity (Wildman–Crippen MR) is 81.9 cm³/mol. The predicted octanol–water partition coefficient (Wildman–Crippen LogP) is 3.40. The van der Waals surface area contributed by atoms with Gasteiger partial charge in [0.2, 0.25) is 0 Å². The molecule has 0 atom stereocenters. The average molecular weight is 275 g/mol. The van der Waals surface area contributed by atoms with Crippen molar-refractivity contribution in [3.63, 3.8) is 0 Å². The van der Waals surface area contributed by atoms with E-state index in [1.54, 1.807) is 36.9 Å². The van der Waals surface area contributed by atoms with E-state index in [0.717, 1.165) is 16.8 Å². The number of pyridine rings is 2. The highest BCUT2D eigenvalue weighted by atomic mass is 16.1. The van der Waals surface area contributed by atoms with Gasteiger partial charge in [0.15, 0.2) is 0 Å². The number of hydrogen-bond acceptors (Lipinski definition) is 3. The van der Waals surface area contributed by atoms with Crippen LogP contribution in [0.25, 0.3) is 11.1 Å². The summed E-state index contributed by atoms with van der Waals surface area (Å²) in [5.74, 6) is -0.149. The maximum absolute atomic E-state index is 12.1. The van der Waals surface area contributed by atoms with E-state index in [4.69, 9.17) is 0 Å². The van der Waals surface area contributed by atoms with Crippen LogP contribution < -0.4 is 5.32 Å². The van der Waals surface area contributed by atoms with Gasteiger partial charge in [0.05, 0.1) is 0 Å². The molecule has 1 amide bonds. The van der Waals surface area contributed by atoms with Crippen LogP contribution in [0.15, 0.2) is 73.3 Å². The number of nitrogens with zero attached hydrogens (tertiary/aromatic N) is 2. The Morgan fingerprint density at radius 1 is 0.810 bits per heavy atom. The van der Waals surface area contributed by atoms with Gasteiger partial charge in [-0.05, 0) is 47.5 Å². The van der Waals surface area contributed by atoms with Crippen molar-refractivity contribution in [1.29, 1.82) is 0 Å². The van der Waals surface area contributed by atoms with Crippen molar-refractivity contribution in [3.05, 3.63) is 78.9 Å². The van der Waals surface area contributed by atoms with E-state index in [-0.39, 0.29) is 5.91 Å². The number of rotatable bonds is 3. The summed E-state index contributed by atoms with van der Waals surface area (Å²) in [6.45, 7) is 0. The molecule has 0 aliphatic rings. The van der Waals surface area contributed by atoms with Crippen LogP contribution in [0.3, 0.4) is 0 Å². The molecule has 0 saturated heterocycles. The minimum absolute atomic E-state index is 0.149. The molecule has 4 nitrogen and oxygen atoms in total. The number of benzene rings is 1. The maximum atomic E-state index is 12.1. The first-order valence-corrected chi connectivity index (χ1v) is 6.55. The zero-order chi connectivity index (χ0) is 14.5. The van der Waals surface area contributed by atoms with Gasteiger partial charge in [-0.1, -0.05) is 12.1 Å². The summed E-state index contributed by atoms with van der Waals surface area (Å²) in [6, 6.07) is 14.9. The second-order valence-corrected chi connectivity index (χ2v) is 4.51. The van der Waals surface area contributed by atoms with Gasteiger partial charge in [0.1, 0.15) is 0 Å². The summed E-state index contributed by atoms with van der Waals surface area (Å²) >= 11 is 0. The highest BCUT2D eigenvalue weighted by molar-refractivity contribution is 6.04. The molecule has 0 fully saturated rings. The van der Waals surface area contributed by atoms with Crippen LogP contribution >= 0.6 is 0 Å². The molecule has 2 aromatic heterocycles. The Morgan fingerprint density at radius 3 is 2.19 bits per heavy atom. The monoisotopic (exact) mass is 275 g/mol. The number of carbonyl (C=O) groups is 1. The van der Waals surface area contributed by atoms with Crippen LogP contribution in [0.1, 0.15) is 10.4 Å². The van der Waals surface area contributed by atoms with Crippen molar-refractivity contribution >= 4 is 11.6 Å². The lowest BCUT2D eigenvalue weighted by Crippen LogP contribution is -2.11. The van der Waals surface area contributed by atoms with E-state index < -0.39 is 0 Å². The Bertz CT molecular complexity index is 742. The summed E-state index contributed by atoms with van der Waals surface area (Å²) < 4.78 is 0. The number of amides is 1. The van der Waals surface area contributed by atoms with Gasteiger partial charge in [-0.15, -0.1) is 0 Å². The van der Waals surface area contributed by atoms with Crippen molar-refractivity contribution < 1.29 is 4.79 Å². The lowest BCUT2D eigenvalue weighted by molar-refractivity contribution is 0.102. The van der Waals surface area contributed by atoms with Crippen molar-refractivity contribution in [1.82, 2.24) is 9.97 Å². The van der Waals surface area contributed by atoms with Crippen LogP contribution in [-0.4, -0.2) is 15.9 Å². The third-order valence-electron chi connectivity index (χ3n) is 3.08. The first-order valence-electron chi connectivity index (χ1n) is 6.55. The molecule has 1 N–H and O–H groups in total. The molecule has 0 saturated carbocycles. The standard InChI is InChI=1S/C17H13N3O/c21-17(14-6-10-19-11-7-14)20-16-3-1-2-15(12-16)13-4-8-18-9-5-13/h1-12H,(H,20,21). The first kappa shape index (κ1) is 13.0. The number of aromatic nitrogens is 2. The van der Waals surface area contributed by atoms with E-state index in [9.17, 15) is 4.79 Å². The van der Waals surface area contributed by atoms with E-state index >= 15 is 0 Å². The van der Waals surface area contributed by atoms with E-state index in [2.05, 4.69) is 15.3 Å². The van der Waals surface area contributed by atoms with Gasteiger partial charge < -0.3 is 5.32 Å². The summed E-state index contributed by atoms with van der Waals surface area (Å²) in [4.78, 5) is 20.0. The second-order valence-electron chi connectivity index (χ2n) is 4.51. The largest absolute Gasteiger partial charge is 0.322 e. The molecule has 1 aromatic carbocycles. The highest BCUT2D eigenvalue weighted by Crippen LogP contribution is 2.22. The van der Waals surface area contributed by atoms with Gasteiger partial charge >= 0.3 is 0 Å². The van der Waals surface area contributed by atoms with Crippen molar-refractivity contribution in [2.75, 3.05) is 5.32 Å². The van der Waals surface area contributed by atoms with Crippen LogP contribution in [0.2, 0.25) is 0 Å². The Morgan fingerprint density at radius 2 is 1.48 bits per heavy atom. The fraction of sp³-hybridized carbons (Fsp3) is 0. The van der Waals surface area contributed by atoms with E-state index in [0.29, 0.717) is 5.56 Å². The minimum atomic E-state index is -0.149. The van der Waals surface area contributed by atoms with Gasteiger partial charge in [-0.2, -0.15) is 0 Å². The maximum Gasteiger partial charge on any atom is 0.255 e. The van der Waals surface area contributed by atoms with Crippen LogP contribution in [0.4, 0.5) is 5.69 Å². The SMILES string of the molecule is O=C(Nc1cccc(-c2ccncc2)c1)c1ccncc1. The molecule has 0 aliphatic carbocycles. The van der Waals surface area contributed by atoms with Crippen molar-refractivity contribution in [2.24, 2.45) is 0 Å². The van der Waals surface area contributed by atoms with Crippen LogP contribution in [-0.2, 0) is 0 Å². The molecule has 0 spiro atoms. The van der Waals surface area contributed by atoms with Crippen LogP contribution in [0.5, 0.6) is 0 Å². The molecule has 21 heavy (non-hydrogen) atoms. The zero-order valence-electron chi connectivity index (χ0n) is 11.2. The first-order chi connectivity index (χ1) is 10.3. The van der Waals surface area contributed by atoms with Crippen molar-refractivity contribution in [2.45, 2.75) is 0 Å². The molecule has 0 bridgehead atoms. The number of hydrogen-bond donors (Lipinski definition) is 1. The average Bonchev–Trinajstić information content (AvgIpc) is 2.57. The number of carbonyl (C=O) groups excluding carboxylic acids is 1. The summed E-state index contributed by atoms with van der Waals surface area (Å²) in [7, 11) is 0. The Hall–Kier alpha value is -3.01. The van der Waals surface area contributed by atoms with Gasteiger partial charge in [-0.25, -0.2) is 0 Å². The van der Waals surface area contributed by atoms with Gasteiger partial charge in [-0.3, -0.25) is 14.8 Å². The number of nitrogens with one attached hydrogen (secondary N) is 1. The highest BCUT2D eigenvalue weighted by Gasteiger charge is 2.06. The fourth-order valence-corrected chi connectivity index (χ4v) is 2.03.